The van der Waals surface area contributed by atoms with Gasteiger partial charge in [-0.2, -0.15) is 0 Å². The zero-order chi connectivity index (χ0) is 13.9. The zero-order valence-electron chi connectivity index (χ0n) is 11.8. The van der Waals surface area contributed by atoms with Crippen LogP contribution in [0.2, 0.25) is 0 Å². The number of unbranched alkanes of at least 4 members (excludes halogenated alkanes) is 4. The molecule has 104 valence electrons. The lowest BCUT2D eigenvalue weighted by atomic mass is 10.1. The zero-order valence-corrected chi connectivity index (χ0v) is 11.8. The first-order valence-corrected chi connectivity index (χ1v) is 6.92. The van der Waals surface area contributed by atoms with Gasteiger partial charge in [0.15, 0.2) is 0 Å². The van der Waals surface area contributed by atoms with Crippen LogP contribution in [0.4, 0.5) is 4.79 Å². The van der Waals surface area contributed by atoms with Crippen LogP contribution in [-0.2, 0) is 0 Å². The molecule has 1 aromatic carbocycles. The summed E-state index contributed by atoms with van der Waals surface area (Å²) in [7, 11) is 0. The van der Waals surface area contributed by atoms with Crippen molar-refractivity contribution in [3.8, 4) is 5.75 Å². The Labute approximate surface area is 115 Å². The maximum Gasteiger partial charge on any atom is 0.416 e. The first kappa shape index (κ1) is 15.3. The standard InChI is InChI=1S/C16H23NO2/c1-3-4-5-6-7-8-12-17-16(18)19-15-11-9-10-14(2)13-15/h8-13H,3-7H2,1-2H3,(H,17,18). The van der Waals surface area contributed by atoms with Crippen LogP contribution in [0.25, 0.3) is 0 Å². The molecule has 0 aromatic heterocycles. The minimum atomic E-state index is -0.449. The number of rotatable bonds is 7. The van der Waals surface area contributed by atoms with Crippen molar-refractivity contribution in [3.05, 3.63) is 42.1 Å². The fraction of sp³-hybridized carbons (Fsp3) is 0.438. The van der Waals surface area contributed by atoms with Crippen molar-refractivity contribution in [1.29, 1.82) is 0 Å². The maximum absolute atomic E-state index is 11.5. The van der Waals surface area contributed by atoms with E-state index in [2.05, 4.69) is 12.2 Å². The molecule has 0 aliphatic rings. The van der Waals surface area contributed by atoms with Gasteiger partial charge in [0.25, 0.3) is 0 Å². The minimum Gasteiger partial charge on any atom is -0.410 e. The molecule has 0 aliphatic heterocycles. The minimum absolute atomic E-state index is 0.449. The molecule has 3 heteroatoms. The van der Waals surface area contributed by atoms with Crippen molar-refractivity contribution >= 4 is 6.09 Å². The Morgan fingerprint density at radius 3 is 2.89 bits per heavy atom. The number of carbonyl (C=O) groups is 1. The monoisotopic (exact) mass is 261 g/mol. The smallest absolute Gasteiger partial charge is 0.410 e. The topological polar surface area (TPSA) is 38.3 Å². The molecule has 0 radical (unpaired) electrons. The molecule has 19 heavy (non-hydrogen) atoms. The number of amides is 1. The highest BCUT2D eigenvalue weighted by atomic mass is 16.5. The fourth-order valence-electron chi connectivity index (χ4n) is 1.71. The number of hydrogen-bond acceptors (Lipinski definition) is 2. The first-order valence-electron chi connectivity index (χ1n) is 6.92. The summed E-state index contributed by atoms with van der Waals surface area (Å²) in [5.74, 6) is 0.564. The molecule has 0 bridgehead atoms. The van der Waals surface area contributed by atoms with E-state index in [1.54, 1.807) is 12.3 Å². The van der Waals surface area contributed by atoms with Crippen LogP contribution in [0.15, 0.2) is 36.5 Å². The molecule has 3 nitrogen and oxygen atoms in total. The van der Waals surface area contributed by atoms with Crippen LogP contribution in [-0.4, -0.2) is 6.09 Å². The number of allylic oxidation sites excluding steroid dienone is 1. The lowest BCUT2D eigenvalue weighted by Crippen LogP contribution is -2.21. The highest BCUT2D eigenvalue weighted by Gasteiger charge is 2.01. The maximum atomic E-state index is 11.5. The molecule has 0 saturated carbocycles. The number of carbonyl (C=O) groups excluding carboxylic acids is 1. The number of hydrogen-bond donors (Lipinski definition) is 1. The Morgan fingerprint density at radius 1 is 1.32 bits per heavy atom. The van der Waals surface area contributed by atoms with Crippen LogP contribution >= 0.6 is 0 Å². The summed E-state index contributed by atoms with van der Waals surface area (Å²) in [6.45, 7) is 4.15. The number of aryl methyl sites for hydroxylation is 1. The van der Waals surface area contributed by atoms with Crippen LogP contribution in [0.3, 0.4) is 0 Å². The summed E-state index contributed by atoms with van der Waals surface area (Å²) in [6.07, 6.45) is 9.09. The summed E-state index contributed by atoms with van der Waals surface area (Å²) in [5.41, 5.74) is 1.07. The highest BCUT2D eigenvalue weighted by Crippen LogP contribution is 2.12. The van der Waals surface area contributed by atoms with Crippen molar-refractivity contribution in [3.63, 3.8) is 0 Å². The molecular formula is C16H23NO2. The Balaban J connectivity index is 2.19. The van der Waals surface area contributed by atoms with E-state index < -0.39 is 6.09 Å². The third-order valence-corrected chi connectivity index (χ3v) is 2.74. The molecular weight excluding hydrogens is 238 g/mol. The lowest BCUT2D eigenvalue weighted by Gasteiger charge is -2.03. The van der Waals surface area contributed by atoms with Gasteiger partial charge in [-0.1, -0.05) is 44.4 Å². The third-order valence-electron chi connectivity index (χ3n) is 2.74. The van der Waals surface area contributed by atoms with Crippen molar-refractivity contribution in [1.82, 2.24) is 5.32 Å². The molecule has 1 N–H and O–H groups in total. The largest absolute Gasteiger partial charge is 0.416 e. The van der Waals surface area contributed by atoms with Gasteiger partial charge in [-0.3, -0.25) is 5.32 Å². The molecule has 0 spiro atoms. The third kappa shape index (κ3) is 7.29. The van der Waals surface area contributed by atoms with Gasteiger partial charge in [0, 0.05) is 6.20 Å². The van der Waals surface area contributed by atoms with Crippen molar-refractivity contribution < 1.29 is 9.53 Å². The number of benzene rings is 1. The molecule has 0 saturated heterocycles. The van der Waals surface area contributed by atoms with E-state index in [-0.39, 0.29) is 0 Å². The van der Waals surface area contributed by atoms with Gasteiger partial charge in [-0.05, 0) is 37.5 Å². The van der Waals surface area contributed by atoms with Gasteiger partial charge in [0.2, 0.25) is 0 Å². The predicted octanol–water partition coefficient (Wildman–Crippen LogP) is 4.57. The van der Waals surface area contributed by atoms with Gasteiger partial charge in [0.05, 0.1) is 0 Å². The Kier molecular flexibility index (Phi) is 7.40. The Bertz CT molecular complexity index is 413. The summed E-state index contributed by atoms with van der Waals surface area (Å²) in [5, 5.41) is 2.60. The van der Waals surface area contributed by atoms with E-state index in [4.69, 9.17) is 4.74 Å². The fourth-order valence-corrected chi connectivity index (χ4v) is 1.71. The quantitative estimate of drug-likeness (QED) is 0.730. The average Bonchev–Trinajstić information content (AvgIpc) is 2.37. The molecule has 0 aliphatic carbocycles. The average molecular weight is 261 g/mol. The predicted molar refractivity (Wildman–Crippen MR) is 78.2 cm³/mol. The van der Waals surface area contributed by atoms with E-state index in [1.807, 2.05) is 31.2 Å². The SMILES string of the molecule is CCCCCCC=CNC(=O)Oc1cccc(C)c1. The summed E-state index contributed by atoms with van der Waals surface area (Å²) in [4.78, 5) is 11.5. The van der Waals surface area contributed by atoms with E-state index >= 15 is 0 Å². The van der Waals surface area contributed by atoms with Gasteiger partial charge >= 0.3 is 6.09 Å². The summed E-state index contributed by atoms with van der Waals surface area (Å²) in [6, 6.07) is 7.41. The second kappa shape index (κ2) is 9.20. The van der Waals surface area contributed by atoms with E-state index in [9.17, 15) is 4.79 Å². The number of nitrogens with one attached hydrogen (secondary N) is 1. The molecule has 1 aromatic rings. The van der Waals surface area contributed by atoms with E-state index in [1.165, 1.54) is 25.7 Å². The van der Waals surface area contributed by atoms with E-state index in [0.717, 1.165) is 12.0 Å². The molecule has 0 fully saturated rings. The van der Waals surface area contributed by atoms with Crippen molar-refractivity contribution in [2.24, 2.45) is 0 Å². The van der Waals surface area contributed by atoms with Crippen LogP contribution in [0.5, 0.6) is 5.75 Å². The molecule has 1 amide bonds. The second-order valence-corrected chi connectivity index (χ2v) is 4.60. The van der Waals surface area contributed by atoms with Crippen LogP contribution < -0.4 is 10.1 Å². The van der Waals surface area contributed by atoms with Gasteiger partial charge in [0.1, 0.15) is 5.75 Å². The van der Waals surface area contributed by atoms with Crippen LogP contribution in [0.1, 0.15) is 44.6 Å². The number of ether oxygens (including phenoxy) is 1. The van der Waals surface area contributed by atoms with E-state index in [0.29, 0.717) is 5.75 Å². The Hall–Kier alpha value is -1.77. The highest BCUT2D eigenvalue weighted by molar-refractivity contribution is 5.71. The molecule has 1 rings (SSSR count). The van der Waals surface area contributed by atoms with Crippen molar-refractivity contribution in [2.45, 2.75) is 46.0 Å². The molecule has 0 atom stereocenters. The van der Waals surface area contributed by atoms with Crippen molar-refractivity contribution in [2.75, 3.05) is 0 Å². The van der Waals surface area contributed by atoms with Gasteiger partial charge < -0.3 is 4.74 Å². The Morgan fingerprint density at radius 2 is 2.16 bits per heavy atom. The molecule has 0 unspecified atom stereocenters. The summed E-state index contributed by atoms with van der Waals surface area (Å²) >= 11 is 0. The summed E-state index contributed by atoms with van der Waals surface area (Å²) < 4.78 is 5.14. The lowest BCUT2D eigenvalue weighted by molar-refractivity contribution is 0.204. The van der Waals surface area contributed by atoms with Crippen LogP contribution in [0, 0.1) is 6.92 Å². The van der Waals surface area contributed by atoms with Gasteiger partial charge in [-0.15, -0.1) is 0 Å². The van der Waals surface area contributed by atoms with Gasteiger partial charge in [-0.25, -0.2) is 4.79 Å². The first-order chi connectivity index (χ1) is 9.22. The molecule has 0 heterocycles. The normalized spacial score (nSPS) is 10.6. The second-order valence-electron chi connectivity index (χ2n) is 4.60.